The Labute approximate surface area is 91.3 Å². The van der Waals surface area contributed by atoms with Crippen molar-refractivity contribution in [3.8, 4) is 0 Å². The second kappa shape index (κ2) is 3.95. The predicted molar refractivity (Wildman–Crippen MR) is 61.6 cm³/mol. The predicted octanol–water partition coefficient (Wildman–Crippen LogP) is 1.48. The Balaban J connectivity index is 1.61. The van der Waals surface area contributed by atoms with Crippen LogP contribution < -0.4 is 5.32 Å². The van der Waals surface area contributed by atoms with Gasteiger partial charge in [0.05, 0.1) is 0 Å². The van der Waals surface area contributed by atoms with Gasteiger partial charge in [-0.15, -0.1) is 0 Å². The van der Waals surface area contributed by atoms with Crippen molar-refractivity contribution in [2.45, 2.75) is 19.0 Å². The monoisotopic (exact) mass is 202 g/mol. The van der Waals surface area contributed by atoms with Gasteiger partial charge >= 0.3 is 0 Å². The van der Waals surface area contributed by atoms with E-state index in [1.807, 2.05) is 0 Å². The zero-order valence-corrected chi connectivity index (χ0v) is 9.02. The van der Waals surface area contributed by atoms with E-state index >= 15 is 0 Å². The maximum atomic E-state index is 3.49. The molecule has 2 fully saturated rings. The maximum Gasteiger partial charge on any atom is 0.0265 e. The second-order valence-corrected chi connectivity index (χ2v) is 4.74. The van der Waals surface area contributed by atoms with Crippen molar-refractivity contribution in [2.24, 2.45) is 5.92 Å². The molecule has 1 N–H and O–H groups in total. The van der Waals surface area contributed by atoms with Crippen molar-refractivity contribution in [2.75, 3.05) is 19.6 Å². The third kappa shape index (κ3) is 1.80. The molecule has 0 saturated carbocycles. The highest BCUT2D eigenvalue weighted by molar-refractivity contribution is 5.15. The molecule has 80 valence electrons. The molecule has 2 saturated heterocycles. The molecule has 15 heavy (non-hydrogen) atoms. The van der Waals surface area contributed by atoms with Gasteiger partial charge in [-0.1, -0.05) is 30.3 Å². The molecule has 2 aliphatic rings. The SMILES string of the molecule is c1ccc(CN2C[C@H]3CCNC[C@@H]32)cc1. The van der Waals surface area contributed by atoms with Gasteiger partial charge in [-0.2, -0.15) is 0 Å². The van der Waals surface area contributed by atoms with Crippen LogP contribution in [-0.2, 0) is 6.54 Å². The Morgan fingerprint density at radius 2 is 2.13 bits per heavy atom. The Morgan fingerprint density at radius 1 is 1.27 bits per heavy atom. The molecule has 1 aromatic carbocycles. The lowest BCUT2D eigenvalue weighted by molar-refractivity contribution is -0.0114. The average molecular weight is 202 g/mol. The topological polar surface area (TPSA) is 15.3 Å². The van der Waals surface area contributed by atoms with Crippen LogP contribution >= 0.6 is 0 Å². The minimum Gasteiger partial charge on any atom is -0.315 e. The molecule has 2 heterocycles. The summed E-state index contributed by atoms with van der Waals surface area (Å²) >= 11 is 0. The molecule has 2 atom stereocenters. The molecule has 0 aromatic heterocycles. The lowest BCUT2D eigenvalue weighted by Gasteiger charge is -2.51. The quantitative estimate of drug-likeness (QED) is 0.781. The fourth-order valence-electron chi connectivity index (χ4n) is 2.84. The molecule has 0 bridgehead atoms. The van der Waals surface area contributed by atoms with Crippen LogP contribution in [0.5, 0.6) is 0 Å². The molecule has 0 radical (unpaired) electrons. The minimum absolute atomic E-state index is 0.805. The molecule has 2 aliphatic heterocycles. The average Bonchev–Trinajstić information content (AvgIpc) is 2.27. The first-order valence-corrected chi connectivity index (χ1v) is 5.92. The number of fused-ring (bicyclic) bond motifs is 1. The van der Waals surface area contributed by atoms with Crippen LogP contribution in [0.1, 0.15) is 12.0 Å². The number of hydrogen-bond donors (Lipinski definition) is 1. The van der Waals surface area contributed by atoms with Gasteiger partial charge in [0.2, 0.25) is 0 Å². The second-order valence-electron chi connectivity index (χ2n) is 4.74. The first kappa shape index (κ1) is 9.37. The van der Waals surface area contributed by atoms with E-state index in [1.165, 1.54) is 31.6 Å². The molecule has 3 rings (SSSR count). The summed E-state index contributed by atoms with van der Waals surface area (Å²) in [4.78, 5) is 2.60. The van der Waals surface area contributed by atoms with Gasteiger partial charge in [0.1, 0.15) is 0 Å². The summed E-state index contributed by atoms with van der Waals surface area (Å²) in [5.41, 5.74) is 1.45. The van der Waals surface area contributed by atoms with E-state index in [0.717, 1.165) is 18.5 Å². The number of nitrogens with one attached hydrogen (secondary N) is 1. The summed E-state index contributed by atoms with van der Waals surface area (Å²) in [7, 11) is 0. The molecule has 0 unspecified atom stereocenters. The highest BCUT2D eigenvalue weighted by Crippen LogP contribution is 2.30. The van der Waals surface area contributed by atoms with Gasteiger partial charge in [0.25, 0.3) is 0 Å². The summed E-state index contributed by atoms with van der Waals surface area (Å²) in [5, 5.41) is 3.49. The van der Waals surface area contributed by atoms with Crippen LogP contribution in [0.4, 0.5) is 0 Å². The number of piperidine rings is 1. The van der Waals surface area contributed by atoms with Gasteiger partial charge in [0, 0.05) is 25.7 Å². The molecule has 2 nitrogen and oxygen atoms in total. The smallest absolute Gasteiger partial charge is 0.0265 e. The van der Waals surface area contributed by atoms with E-state index in [4.69, 9.17) is 0 Å². The van der Waals surface area contributed by atoms with Crippen molar-refractivity contribution >= 4 is 0 Å². The molecule has 1 aromatic rings. The van der Waals surface area contributed by atoms with Crippen molar-refractivity contribution in [1.29, 1.82) is 0 Å². The molecule has 2 heteroatoms. The molecule has 0 amide bonds. The largest absolute Gasteiger partial charge is 0.315 e. The highest BCUT2D eigenvalue weighted by atomic mass is 15.3. The summed E-state index contributed by atoms with van der Waals surface area (Å²) in [6, 6.07) is 11.6. The van der Waals surface area contributed by atoms with Gasteiger partial charge in [-0.3, -0.25) is 4.90 Å². The number of nitrogens with zero attached hydrogens (tertiary/aromatic N) is 1. The van der Waals surface area contributed by atoms with Crippen LogP contribution in [0.3, 0.4) is 0 Å². The first-order chi connectivity index (χ1) is 7.43. The third-order valence-corrected chi connectivity index (χ3v) is 3.76. The van der Waals surface area contributed by atoms with Gasteiger partial charge in [-0.25, -0.2) is 0 Å². The number of likely N-dealkylation sites (tertiary alicyclic amines) is 1. The van der Waals surface area contributed by atoms with Crippen LogP contribution in [0.15, 0.2) is 30.3 Å². The number of hydrogen-bond acceptors (Lipinski definition) is 2. The number of rotatable bonds is 2. The van der Waals surface area contributed by atoms with Crippen LogP contribution in [-0.4, -0.2) is 30.6 Å². The van der Waals surface area contributed by atoms with Crippen molar-refractivity contribution in [1.82, 2.24) is 10.2 Å². The standard InChI is InChI=1S/C13H18N2/c1-2-4-11(5-3-1)9-15-10-12-6-7-14-8-13(12)15/h1-5,12-14H,6-10H2/t12-,13+/m1/s1. The Hall–Kier alpha value is -0.860. The molecular formula is C13H18N2. The van der Waals surface area contributed by atoms with Crippen LogP contribution in [0.2, 0.25) is 0 Å². The van der Waals surface area contributed by atoms with Crippen LogP contribution in [0, 0.1) is 5.92 Å². The van der Waals surface area contributed by atoms with Crippen LogP contribution in [0.25, 0.3) is 0 Å². The summed E-state index contributed by atoms with van der Waals surface area (Å²) in [6.07, 6.45) is 1.37. The lowest BCUT2D eigenvalue weighted by Crippen LogP contribution is -2.62. The van der Waals surface area contributed by atoms with Crippen molar-refractivity contribution < 1.29 is 0 Å². The van der Waals surface area contributed by atoms with Gasteiger partial charge in [0.15, 0.2) is 0 Å². The highest BCUT2D eigenvalue weighted by Gasteiger charge is 2.39. The first-order valence-electron chi connectivity index (χ1n) is 5.92. The molecular weight excluding hydrogens is 184 g/mol. The van der Waals surface area contributed by atoms with E-state index in [2.05, 4.69) is 40.5 Å². The summed E-state index contributed by atoms with van der Waals surface area (Å²) in [6.45, 7) is 4.85. The van der Waals surface area contributed by atoms with Crippen molar-refractivity contribution in [3.05, 3.63) is 35.9 Å². The Morgan fingerprint density at radius 3 is 2.93 bits per heavy atom. The third-order valence-electron chi connectivity index (χ3n) is 3.76. The Bertz CT molecular complexity index is 323. The summed E-state index contributed by atoms with van der Waals surface area (Å²) < 4.78 is 0. The molecule has 0 spiro atoms. The normalized spacial score (nSPS) is 30.7. The van der Waals surface area contributed by atoms with E-state index < -0.39 is 0 Å². The number of benzene rings is 1. The minimum atomic E-state index is 0.805. The zero-order chi connectivity index (χ0) is 10.1. The van der Waals surface area contributed by atoms with E-state index in [-0.39, 0.29) is 0 Å². The zero-order valence-electron chi connectivity index (χ0n) is 9.02. The lowest BCUT2D eigenvalue weighted by atomic mass is 9.83. The van der Waals surface area contributed by atoms with Gasteiger partial charge in [-0.05, 0) is 24.4 Å². The summed E-state index contributed by atoms with van der Waals surface area (Å²) in [5.74, 6) is 0.968. The molecule has 0 aliphatic carbocycles. The van der Waals surface area contributed by atoms with E-state index in [0.29, 0.717) is 0 Å². The van der Waals surface area contributed by atoms with Crippen molar-refractivity contribution in [3.63, 3.8) is 0 Å². The fraction of sp³-hybridized carbons (Fsp3) is 0.538. The fourth-order valence-corrected chi connectivity index (χ4v) is 2.84. The van der Waals surface area contributed by atoms with Gasteiger partial charge < -0.3 is 5.32 Å². The van der Waals surface area contributed by atoms with E-state index in [9.17, 15) is 0 Å². The Kier molecular flexibility index (Phi) is 2.47. The van der Waals surface area contributed by atoms with E-state index in [1.54, 1.807) is 0 Å². The maximum absolute atomic E-state index is 3.49.